The van der Waals surface area contributed by atoms with Gasteiger partial charge in [-0.3, -0.25) is 4.79 Å². The second kappa shape index (κ2) is 5.57. The van der Waals surface area contributed by atoms with Gasteiger partial charge in [-0.25, -0.2) is 4.79 Å². The van der Waals surface area contributed by atoms with Crippen LogP contribution in [-0.4, -0.2) is 38.6 Å². The second-order valence-electron chi connectivity index (χ2n) is 5.96. The number of amides is 1. The summed E-state index contributed by atoms with van der Waals surface area (Å²) >= 11 is 0. The zero-order chi connectivity index (χ0) is 16.7. The van der Waals surface area contributed by atoms with Crippen molar-refractivity contribution in [1.29, 1.82) is 0 Å². The van der Waals surface area contributed by atoms with Gasteiger partial charge >= 0.3 is 5.97 Å². The van der Waals surface area contributed by atoms with Gasteiger partial charge in [0.15, 0.2) is 5.76 Å². The van der Waals surface area contributed by atoms with Crippen LogP contribution >= 0.6 is 0 Å². The van der Waals surface area contributed by atoms with Gasteiger partial charge in [0, 0.05) is 18.3 Å². The van der Waals surface area contributed by atoms with E-state index in [1.54, 1.807) is 18.7 Å². The van der Waals surface area contributed by atoms with E-state index in [-0.39, 0.29) is 17.5 Å². The van der Waals surface area contributed by atoms with Crippen LogP contribution in [0.5, 0.6) is 0 Å². The number of rotatable bonds is 3. The molecule has 2 aromatic heterocycles. The smallest absolute Gasteiger partial charge is 0.337 e. The van der Waals surface area contributed by atoms with Gasteiger partial charge < -0.3 is 19.5 Å². The standard InChI is InChI=1S/C16H19N3O4/c1-8-7-12(23-18-8)11-5-4-6-19(11)15(20)14-9(2)13(16(21)22)10(3)17-14/h7,11,17H,4-6H2,1-3H3,(H,21,22)/t11-/m0/s1. The van der Waals surface area contributed by atoms with Crippen molar-refractivity contribution < 1.29 is 19.2 Å². The Bertz CT molecular complexity index is 774. The highest BCUT2D eigenvalue weighted by molar-refractivity contribution is 6.00. The van der Waals surface area contributed by atoms with Crippen molar-refractivity contribution in [2.75, 3.05) is 6.54 Å². The van der Waals surface area contributed by atoms with E-state index in [9.17, 15) is 14.7 Å². The van der Waals surface area contributed by atoms with E-state index in [1.807, 2.05) is 13.0 Å². The number of carbonyl (C=O) groups is 2. The highest BCUT2D eigenvalue weighted by Crippen LogP contribution is 2.34. The lowest BCUT2D eigenvalue weighted by atomic mass is 10.1. The maximum Gasteiger partial charge on any atom is 0.337 e. The van der Waals surface area contributed by atoms with Gasteiger partial charge in [0.1, 0.15) is 5.69 Å². The summed E-state index contributed by atoms with van der Waals surface area (Å²) in [7, 11) is 0. The van der Waals surface area contributed by atoms with Crippen molar-refractivity contribution in [3.05, 3.63) is 40.0 Å². The molecular weight excluding hydrogens is 298 g/mol. The molecule has 0 aromatic carbocycles. The fourth-order valence-corrected chi connectivity index (χ4v) is 3.27. The summed E-state index contributed by atoms with van der Waals surface area (Å²) in [6.07, 6.45) is 1.69. The first-order valence-corrected chi connectivity index (χ1v) is 7.56. The van der Waals surface area contributed by atoms with Crippen molar-refractivity contribution in [1.82, 2.24) is 15.0 Å². The van der Waals surface area contributed by atoms with E-state index >= 15 is 0 Å². The Morgan fingerprint density at radius 1 is 1.39 bits per heavy atom. The number of likely N-dealkylation sites (tertiary alicyclic amines) is 1. The quantitative estimate of drug-likeness (QED) is 0.906. The molecule has 2 aromatic rings. The van der Waals surface area contributed by atoms with Crippen LogP contribution in [0.2, 0.25) is 0 Å². The third-order valence-corrected chi connectivity index (χ3v) is 4.35. The molecule has 0 saturated carbocycles. The average molecular weight is 317 g/mol. The van der Waals surface area contributed by atoms with Gasteiger partial charge in [0.2, 0.25) is 0 Å². The molecule has 0 radical (unpaired) electrons. The van der Waals surface area contributed by atoms with Gasteiger partial charge in [-0.2, -0.15) is 0 Å². The molecule has 1 saturated heterocycles. The molecule has 1 aliphatic rings. The molecule has 7 heteroatoms. The Labute approximate surface area is 133 Å². The minimum Gasteiger partial charge on any atom is -0.478 e. The monoisotopic (exact) mass is 317 g/mol. The van der Waals surface area contributed by atoms with Gasteiger partial charge in [0.25, 0.3) is 5.91 Å². The molecule has 23 heavy (non-hydrogen) atoms. The van der Waals surface area contributed by atoms with E-state index in [2.05, 4.69) is 10.1 Å². The van der Waals surface area contributed by atoms with Crippen LogP contribution in [-0.2, 0) is 0 Å². The number of carboxylic acid groups (broad SMARTS) is 1. The van der Waals surface area contributed by atoms with Crippen LogP contribution < -0.4 is 0 Å². The van der Waals surface area contributed by atoms with Crippen LogP contribution in [0, 0.1) is 20.8 Å². The normalized spacial score (nSPS) is 17.7. The molecule has 1 aliphatic heterocycles. The van der Waals surface area contributed by atoms with Crippen LogP contribution in [0.3, 0.4) is 0 Å². The van der Waals surface area contributed by atoms with E-state index in [4.69, 9.17) is 4.52 Å². The highest BCUT2D eigenvalue weighted by Gasteiger charge is 2.35. The van der Waals surface area contributed by atoms with E-state index < -0.39 is 5.97 Å². The minimum atomic E-state index is -1.03. The Balaban J connectivity index is 1.94. The molecule has 0 aliphatic carbocycles. The summed E-state index contributed by atoms with van der Waals surface area (Å²) in [6, 6.07) is 1.69. The predicted molar refractivity (Wildman–Crippen MR) is 81.5 cm³/mol. The number of aromatic nitrogens is 2. The van der Waals surface area contributed by atoms with Crippen LogP contribution in [0.25, 0.3) is 0 Å². The molecule has 1 atom stereocenters. The Morgan fingerprint density at radius 2 is 2.13 bits per heavy atom. The molecule has 3 heterocycles. The largest absolute Gasteiger partial charge is 0.478 e. The van der Waals surface area contributed by atoms with Crippen molar-refractivity contribution in [3.63, 3.8) is 0 Å². The predicted octanol–water partition coefficient (Wildman–Crippen LogP) is 2.60. The number of carbonyl (C=O) groups excluding carboxylic acids is 1. The molecule has 0 bridgehead atoms. The maximum atomic E-state index is 12.9. The van der Waals surface area contributed by atoms with Gasteiger partial charge in [-0.15, -0.1) is 0 Å². The number of aromatic carboxylic acids is 1. The fraction of sp³-hybridized carbons (Fsp3) is 0.438. The van der Waals surface area contributed by atoms with Crippen molar-refractivity contribution in [3.8, 4) is 0 Å². The van der Waals surface area contributed by atoms with Gasteiger partial charge in [-0.05, 0) is 39.2 Å². The topological polar surface area (TPSA) is 99.4 Å². The zero-order valence-electron chi connectivity index (χ0n) is 13.3. The lowest BCUT2D eigenvalue weighted by molar-refractivity contribution is 0.0695. The number of carboxylic acids is 1. The van der Waals surface area contributed by atoms with Crippen LogP contribution in [0.4, 0.5) is 0 Å². The van der Waals surface area contributed by atoms with E-state index in [0.717, 1.165) is 18.5 Å². The number of aromatic amines is 1. The average Bonchev–Trinajstić information content (AvgIpc) is 3.16. The molecule has 0 spiro atoms. The number of hydrogen-bond acceptors (Lipinski definition) is 4. The molecule has 1 amide bonds. The third-order valence-electron chi connectivity index (χ3n) is 4.35. The minimum absolute atomic E-state index is 0.153. The Hall–Kier alpha value is -2.57. The Kier molecular flexibility index (Phi) is 3.71. The van der Waals surface area contributed by atoms with E-state index in [1.165, 1.54) is 0 Å². The number of nitrogens with one attached hydrogen (secondary N) is 1. The first kappa shape index (κ1) is 15.3. The molecule has 7 nitrogen and oxygen atoms in total. The van der Waals surface area contributed by atoms with Crippen LogP contribution in [0.15, 0.2) is 10.6 Å². The molecule has 0 unspecified atom stereocenters. The fourth-order valence-electron chi connectivity index (χ4n) is 3.27. The first-order chi connectivity index (χ1) is 10.9. The van der Waals surface area contributed by atoms with Gasteiger partial charge in [0.05, 0.1) is 17.3 Å². The molecule has 122 valence electrons. The number of nitrogens with zero attached hydrogens (tertiary/aromatic N) is 2. The van der Waals surface area contributed by atoms with Gasteiger partial charge in [-0.1, -0.05) is 5.16 Å². The second-order valence-corrected chi connectivity index (χ2v) is 5.96. The highest BCUT2D eigenvalue weighted by atomic mass is 16.5. The van der Waals surface area contributed by atoms with Crippen molar-refractivity contribution in [2.45, 2.75) is 39.7 Å². The molecule has 1 fully saturated rings. The third kappa shape index (κ3) is 2.52. The summed E-state index contributed by atoms with van der Waals surface area (Å²) in [5, 5.41) is 13.2. The molecular formula is C16H19N3O4. The lowest BCUT2D eigenvalue weighted by Gasteiger charge is -2.22. The molecule has 3 rings (SSSR count). The summed E-state index contributed by atoms with van der Waals surface area (Å²) in [5.41, 5.74) is 2.24. The summed E-state index contributed by atoms with van der Waals surface area (Å²) < 4.78 is 5.31. The SMILES string of the molecule is Cc1cc([C@@H]2CCCN2C(=O)c2[nH]c(C)c(C(=O)O)c2C)on1. The van der Waals surface area contributed by atoms with Crippen LogP contribution in [0.1, 0.15) is 62.4 Å². The number of hydrogen-bond donors (Lipinski definition) is 2. The number of H-pyrrole nitrogens is 1. The Morgan fingerprint density at radius 3 is 2.70 bits per heavy atom. The summed E-state index contributed by atoms with van der Waals surface area (Å²) in [4.78, 5) is 28.9. The lowest BCUT2D eigenvalue weighted by Crippen LogP contribution is -2.31. The zero-order valence-corrected chi connectivity index (χ0v) is 13.3. The summed E-state index contributed by atoms with van der Waals surface area (Å²) in [5.74, 6) is -0.554. The number of aryl methyl sites for hydroxylation is 2. The summed E-state index contributed by atoms with van der Waals surface area (Å²) in [6.45, 7) is 5.77. The van der Waals surface area contributed by atoms with Crippen molar-refractivity contribution in [2.24, 2.45) is 0 Å². The van der Waals surface area contributed by atoms with E-state index in [0.29, 0.717) is 29.3 Å². The first-order valence-electron chi connectivity index (χ1n) is 7.56. The maximum absolute atomic E-state index is 12.9. The molecule has 2 N–H and O–H groups in total. The van der Waals surface area contributed by atoms with Crippen molar-refractivity contribution >= 4 is 11.9 Å².